The van der Waals surface area contributed by atoms with Gasteiger partial charge in [0.25, 0.3) is 0 Å². The van der Waals surface area contributed by atoms with Gasteiger partial charge in [-0.15, -0.1) is 0 Å². The summed E-state index contributed by atoms with van der Waals surface area (Å²) in [6.07, 6.45) is 1.01. The molecule has 1 atom stereocenters. The number of carbonyl (C=O) groups excluding carboxylic acids is 1. The number of hydrogen-bond donors (Lipinski definition) is 3. The number of urea groups is 1. The predicted octanol–water partition coefficient (Wildman–Crippen LogP) is 3.08. The molecule has 5 nitrogen and oxygen atoms in total. The van der Waals surface area contributed by atoms with Gasteiger partial charge in [0.1, 0.15) is 0 Å². The topological polar surface area (TPSA) is 74.2 Å². The third-order valence-electron chi connectivity index (χ3n) is 4.16. The summed E-state index contributed by atoms with van der Waals surface area (Å²) in [6.45, 7) is 2.47. The fraction of sp³-hybridized carbons (Fsp3) is 0.200. The number of carbonyl (C=O) groups is 1. The number of para-hydroxylation sites is 1. The van der Waals surface area contributed by atoms with Crippen molar-refractivity contribution in [2.45, 2.75) is 19.6 Å². The monoisotopic (exact) mass is 335 g/mol. The van der Waals surface area contributed by atoms with E-state index in [1.807, 2.05) is 61.5 Å². The van der Waals surface area contributed by atoms with Gasteiger partial charge in [0.05, 0.1) is 11.6 Å². The van der Waals surface area contributed by atoms with Crippen molar-refractivity contribution in [2.24, 2.45) is 0 Å². The summed E-state index contributed by atoms with van der Waals surface area (Å²) < 4.78 is 0. The minimum atomic E-state index is -0.730. The van der Waals surface area contributed by atoms with Crippen LogP contribution in [0.3, 0.4) is 0 Å². The first-order valence-electron chi connectivity index (χ1n) is 8.23. The van der Waals surface area contributed by atoms with Crippen LogP contribution in [0, 0.1) is 6.92 Å². The van der Waals surface area contributed by atoms with Gasteiger partial charge in [0, 0.05) is 24.7 Å². The molecule has 0 saturated heterocycles. The van der Waals surface area contributed by atoms with Gasteiger partial charge < -0.3 is 15.7 Å². The molecule has 128 valence electrons. The first-order valence-corrected chi connectivity index (χ1v) is 8.23. The van der Waals surface area contributed by atoms with Gasteiger partial charge in [0.2, 0.25) is 0 Å². The molecule has 5 heteroatoms. The quantitative estimate of drug-likeness (QED) is 0.671. The zero-order valence-corrected chi connectivity index (χ0v) is 14.1. The van der Waals surface area contributed by atoms with E-state index in [4.69, 9.17) is 0 Å². The van der Waals surface area contributed by atoms with Gasteiger partial charge in [-0.1, -0.05) is 48.5 Å². The fourth-order valence-corrected chi connectivity index (χ4v) is 2.81. The SMILES string of the molecule is Cc1ccccc1[C@@H](O)CNC(=O)NCc1cccc2cccnc12. The van der Waals surface area contributed by atoms with Crippen LogP contribution < -0.4 is 10.6 Å². The van der Waals surface area contributed by atoms with E-state index in [-0.39, 0.29) is 12.6 Å². The van der Waals surface area contributed by atoms with Crippen molar-refractivity contribution in [3.63, 3.8) is 0 Å². The lowest BCUT2D eigenvalue weighted by Crippen LogP contribution is -2.37. The summed E-state index contributed by atoms with van der Waals surface area (Å²) in [5.41, 5.74) is 3.65. The summed E-state index contributed by atoms with van der Waals surface area (Å²) in [4.78, 5) is 16.4. The van der Waals surface area contributed by atoms with Crippen LogP contribution in [0.2, 0.25) is 0 Å². The molecule has 25 heavy (non-hydrogen) atoms. The number of pyridine rings is 1. The van der Waals surface area contributed by atoms with E-state index < -0.39 is 6.10 Å². The number of aliphatic hydroxyl groups excluding tert-OH is 1. The molecule has 0 aliphatic carbocycles. The fourth-order valence-electron chi connectivity index (χ4n) is 2.81. The largest absolute Gasteiger partial charge is 0.387 e. The van der Waals surface area contributed by atoms with Crippen LogP contribution in [-0.2, 0) is 6.54 Å². The molecule has 3 N–H and O–H groups in total. The van der Waals surface area contributed by atoms with Crippen molar-refractivity contribution in [3.05, 3.63) is 77.5 Å². The molecule has 3 aromatic rings. The number of nitrogens with one attached hydrogen (secondary N) is 2. The lowest BCUT2D eigenvalue weighted by Gasteiger charge is -2.15. The van der Waals surface area contributed by atoms with Crippen molar-refractivity contribution in [3.8, 4) is 0 Å². The highest BCUT2D eigenvalue weighted by Crippen LogP contribution is 2.17. The Morgan fingerprint density at radius 2 is 1.88 bits per heavy atom. The highest BCUT2D eigenvalue weighted by atomic mass is 16.3. The molecule has 0 saturated carbocycles. The number of nitrogens with zero attached hydrogens (tertiary/aromatic N) is 1. The van der Waals surface area contributed by atoms with Crippen LogP contribution in [0.1, 0.15) is 22.8 Å². The maximum absolute atomic E-state index is 12.0. The van der Waals surface area contributed by atoms with Gasteiger partial charge in [-0.2, -0.15) is 0 Å². The van der Waals surface area contributed by atoms with Crippen molar-refractivity contribution in [1.82, 2.24) is 15.6 Å². The van der Waals surface area contributed by atoms with Crippen LogP contribution >= 0.6 is 0 Å². The minimum absolute atomic E-state index is 0.157. The summed E-state index contributed by atoms with van der Waals surface area (Å²) in [6, 6.07) is 17.0. The Kier molecular flexibility index (Phi) is 5.26. The molecule has 0 fully saturated rings. The standard InChI is InChI=1S/C20H21N3O2/c1-14-6-2-3-10-17(14)18(24)13-23-20(25)22-12-16-8-4-7-15-9-5-11-21-19(15)16/h2-11,18,24H,12-13H2,1H3,(H2,22,23,25)/t18-/m0/s1. The number of aryl methyl sites for hydroxylation is 1. The number of benzene rings is 2. The van der Waals surface area contributed by atoms with Crippen LogP contribution in [-0.4, -0.2) is 22.7 Å². The third-order valence-corrected chi connectivity index (χ3v) is 4.16. The van der Waals surface area contributed by atoms with Crippen LogP contribution in [0.25, 0.3) is 10.9 Å². The average Bonchev–Trinajstić information content (AvgIpc) is 2.64. The third kappa shape index (κ3) is 4.14. The van der Waals surface area contributed by atoms with Crippen molar-refractivity contribution in [2.75, 3.05) is 6.54 Å². The molecule has 0 aliphatic heterocycles. The Balaban J connectivity index is 1.55. The van der Waals surface area contributed by atoms with E-state index in [0.717, 1.165) is 27.6 Å². The molecule has 1 aromatic heterocycles. The van der Waals surface area contributed by atoms with Crippen molar-refractivity contribution in [1.29, 1.82) is 0 Å². The summed E-state index contributed by atoms with van der Waals surface area (Å²) in [5.74, 6) is 0. The second-order valence-corrected chi connectivity index (χ2v) is 5.93. The summed E-state index contributed by atoms with van der Waals surface area (Å²) >= 11 is 0. The molecule has 0 bridgehead atoms. The Morgan fingerprint density at radius 3 is 2.72 bits per heavy atom. The van der Waals surface area contributed by atoms with Crippen molar-refractivity contribution >= 4 is 16.9 Å². The average molecular weight is 335 g/mol. The summed E-state index contributed by atoms with van der Waals surface area (Å²) in [5, 5.41) is 16.8. The van der Waals surface area contributed by atoms with Gasteiger partial charge in [-0.25, -0.2) is 4.79 Å². The van der Waals surface area contributed by atoms with Crippen LogP contribution in [0.4, 0.5) is 4.79 Å². The van der Waals surface area contributed by atoms with E-state index in [2.05, 4.69) is 15.6 Å². The molecule has 3 rings (SSSR count). The minimum Gasteiger partial charge on any atom is -0.387 e. The highest BCUT2D eigenvalue weighted by Gasteiger charge is 2.11. The zero-order valence-electron chi connectivity index (χ0n) is 14.1. The normalized spacial score (nSPS) is 11.9. The molecule has 0 radical (unpaired) electrons. The van der Waals surface area contributed by atoms with Gasteiger partial charge in [-0.3, -0.25) is 4.98 Å². The number of rotatable bonds is 5. The maximum atomic E-state index is 12.0. The van der Waals surface area contributed by atoms with E-state index in [1.165, 1.54) is 0 Å². The van der Waals surface area contributed by atoms with Crippen molar-refractivity contribution < 1.29 is 9.90 Å². The Bertz CT molecular complexity index is 874. The molecule has 2 amide bonds. The van der Waals surface area contributed by atoms with Gasteiger partial charge in [-0.05, 0) is 29.7 Å². The van der Waals surface area contributed by atoms with Crippen LogP contribution in [0.15, 0.2) is 60.8 Å². The lowest BCUT2D eigenvalue weighted by molar-refractivity contribution is 0.172. The first-order chi connectivity index (χ1) is 12.1. The molecule has 2 aromatic carbocycles. The van der Waals surface area contributed by atoms with E-state index in [0.29, 0.717) is 6.54 Å². The number of aliphatic hydroxyl groups is 1. The molecular formula is C20H21N3O2. The number of aromatic nitrogens is 1. The van der Waals surface area contributed by atoms with Gasteiger partial charge in [0.15, 0.2) is 0 Å². The second kappa shape index (κ2) is 7.77. The van der Waals surface area contributed by atoms with Gasteiger partial charge >= 0.3 is 6.03 Å². The highest BCUT2D eigenvalue weighted by molar-refractivity contribution is 5.82. The predicted molar refractivity (Wildman–Crippen MR) is 98.1 cm³/mol. The second-order valence-electron chi connectivity index (χ2n) is 5.93. The van der Waals surface area contributed by atoms with Crippen LogP contribution in [0.5, 0.6) is 0 Å². The van der Waals surface area contributed by atoms with E-state index in [1.54, 1.807) is 6.20 Å². The maximum Gasteiger partial charge on any atom is 0.315 e. The number of fused-ring (bicyclic) bond motifs is 1. The molecular weight excluding hydrogens is 314 g/mol. The summed E-state index contributed by atoms with van der Waals surface area (Å²) in [7, 11) is 0. The number of hydrogen-bond acceptors (Lipinski definition) is 3. The van der Waals surface area contributed by atoms with E-state index >= 15 is 0 Å². The lowest BCUT2D eigenvalue weighted by atomic mass is 10.0. The zero-order chi connectivity index (χ0) is 17.6. The molecule has 0 unspecified atom stereocenters. The number of amides is 2. The Morgan fingerprint density at radius 1 is 1.08 bits per heavy atom. The smallest absolute Gasteiger partial charge is 0.315 e. The molecule has 0 aliphatic rings. The molecule has 1 heterocycles. The first kappa shape index (κ1) is 16.9. The Labute approximate surface area is 146 Å². The molecule has 0 spiro atoms. The Hall–Kier alpha value is -2.92. The van der Waals surface area contributed by atoms with E-state index in [9.17, 15) is 9.90 Å².